The summed E-state index contributed by atoms with van der Waals surface area (Å²) in [7, 11) is 1.30. The van der Waals surface area contributed by atoms with Crippen molar-refractivity contribution >= 4 is 23.2 Å². The molecular formula is C11H10N2O3. The molecule has 0 radical (unpaired) electrons. The fourth-order valence-electron chi connectivity index (χ4n) is 1.65. The largest absolute Gasteiger partial charge is 0.465 e. The predicted octanol–water partition coefficient (Wildman–Crippen LogP) is 1.47. The molecule has 0 fully saturated rings. The lowest BCUT2D eigenvalue weighted by atomic mass is 10.0. The molecule has 0 amide bonds. The molecule has 5 nitrogen and oxygen atoms in total. The molecule has 1 aromatic carbocycles. The molecule has 0 saturated heterocycles. The standard InChI is InChI=1S/C11H10N2O3/c1-6-3-4-7(11(15)16-2)9-8(5-14)12-13-10(6)9/h3-5H,1-2H3,(H,12,13). The number of aromatic amines is 1. The third-order valence-electron chi connectivity index (χ3n) is 2.46. The molecule has 5 heteroatoms. The number of carbonyl (C=O) groups is 2. The number of aromatic nitrogens is 2. The van der Waals surface area contributed by atoms with Crippen molar-refractivity contribution in [1.82, 2.24) is 10.2 Å². The van der Waals surface area contributed by atoms with Crippen molar-refractivity contribution in [2.24, 2.45) is 0 Å². The van der Waals surface area contributed by atoms with Crippen molar-refractivity contribution in [1.29, 1.82) is 0 Å². The monoisotopic (exact) mass is 218 g/mol. The SMILES string of the molecule is COC(=O)c1ccc(C)c2n[nH]c(C=O)c12. The highest BCUT2D eigenvalue weighted by atomic mass is 16.5. The number of fused-ring (bicyclic) bond motifs is 1. The number of esters is 1. The van der Waals surface area contributed by atoms with Gasteiger partial charge in [0.05, 0.1) is 18.2 Å². The quantitative estimate of drug-likeness (QED) is 0.612. The molecule has 2 aromatic rings. The maximum Gasteiger partial charge on any atom is 0.338 e. The maximum atomic E-state index is 11.5. The molecule has 1 heterocycles. The van der Waals surface area contributed by atoms with Crippen molar-refractivity contribution in [2.45, 2.75) is 6.92 Å². The normalized spacial score (nSPS) is 10.4. The van der Waals surface area contributed by atoms with E-state index in [1.54, 1.807) is 12.1 Å². The Morgan fingerprint density at radius 3 is 2.88 bits per heavy atom. The van der Waals surface area contributed by atoms with Crippen LogP contribution < -0.4 is 0 Å². The van der Waals surface area contributed by atoms with Crippen LogP contribution in [0.4, 0.5) is 0 Å². The van der Waals surface area contributed by atoms with E-state index >= 15 is 0 Å². The second-order valence-corrected chi connectivity index (χ2v) is 3.40. The highest BCUT2D eigenvalue weighted by Gasteiger charge is 2.17. The van der Waals surface area contributed by atoms with Gasteiger partial charge in [-0.2, -0.15) is 5.10 Å². The number of ether oxygens (including phenoxy) is 1. The Bertz CT molecular complexity index is 572. The summed E-state index contributed by atoms with van der Waals surface area (Å²) >= 11 is 0. The van der Waals surface area contributed by atoms with Crippen molar-refractivity contribution in [2.75, 3.05) is 7.11 Å². The first-order valence-corrected chi connectivity index (χ1v) is 4.70. The molecule has 0 aliphatic heterocycles. The summed E-state index contributed by atoms with van der Waals surface area (Å²) in [6, 6.07) is 3.40. The summed E-state index contributed by atoms with van der Waals surface area (Å²) < 4.78 is 4.66. The van der Waals surface area contributed by atoms with E-state index in [1.165, 1.54) is 7.11 Å². The molecule has 0 aliphatic carbocycles. The molecule has 0 bridgehead atoms. The van der Waals surface area contributed by atoms with Gasteiger partial charge in [0, 0.05) is 5.39 Å². The molecule has 82 valence electrons. The van der Waals surface area contributed by atoms with E-state index in [2.05, 4.69) is 14.9 Å². The molecule has 1 aromatic heterocycles. The minimum absolute atomic E-state index is 0.291. The Morgan fingerprint density at radius 1 is 1.50 bits per heavy atom. The smallest absolute Gasteiger partial charge is 0.338 e. The lowest BCUT2D eigenvalue weighted by molar-refractivity contribution is 0.0603. The van der Waals surface area contributed by atoms with E-state index in [9.17, 15) is 9.59 Å². The molecule has 0 atom stereocenters. The third-order valence-corrected chi connectivity index (χ3v) is 2.46. The molecule has 0 aliphatic rings. The van der Waals surface area contributed by atoms with E-state index < -0.39 is 5.97 Å². The zero-order chi connectivity index (χ0) is 11.7. The van der Waals surface area contributed by atoms with E-state index in [1.807, 2.05) is 6.92 Å². The fraction of sp³-hybridized carbons (Fsp3) is 0.182. The van der Waals surface area contributed by atoms with Gasteiger partial charge in [0.25, 0.3) is 0 Å². The van der Waals surface area contributed by atoms with Crippen LogP contribution in [0.25, 0.3) is 10.9 Å². The molecular weight excluding hydrogens is 208 g/mol. The minimum atomic E-state index is -0.477. The molecule has 0 unspecified atom stereocenters. The Balaban J connectivity index is 2.84. The van der Waals surface area contributed by atoms with Gasteiger partial charge < -0.3 is 4.74 Å². The van der Waals surface area contributed by atoms with E-state index in [4.69, 9.17) is 0 Å². The summed E-state index contributed by atoms with van der Waals surface area (Å²) in [4.78, 5) is 22.4. The predicted molar refractivity (Wildman–Crippen MR) is 57.6 cm³/mol. The Kier molecular flexibility index (Phi) is 2.44. The summed E-state index contributed by atoms with van der Waals surface area (Å²) in [6.07, 6.45) is 0.640. The number of hydrogen-bond donors (Lipinski definition) is 1. The van der Waals surface area contributed by atoms with Crippen LogP contribution in [0.3, 0.4) is 0 Å². The van der Waals surface area contributed by atoms with Gasteiger partial charge in [0.1, 0.15) is 5.69 Å². The first-order valence-electron chi connectivity index (χ1n) is 4.70. The number of nitrogens with one attached hydrogen (secondary N) is 1. The summed E-state index contributed by atoms with van der Waals surface area (Å²) in [5.74, 6) is -0.477. The second kappa shape index (κ2) is 3.77. The summed E-state index contributed by atoms with van der Waals surface area (Å²) in [5.41, 5.74) is 2.15. The number of H-pyrrole nitrogens is 1. The number of hydrogen-bond acceptors (Lipinski definition) is 4. The van der Waals surface area contributed by atoms with E-state index in [0.717, 1.165) is 5.56 Å². The van der Waals surface area contributed by atoms with Gasteiger partial charge in [-0.3, -0.25) is 9.89 Å². The molecule has 1 N–H and O–H groups in total. The first kappa shape index (κ1) is 10.4. The van der Waals surface area contributed by atoms with E-state index in [-0.39, 0.29) is 0 Å². The van der Waals surface area contributed by atoms with Gasteiger partial charge in [-0.15, -0.1) is 0 Å². The number of methoxy groups -OCH3 is 1. The number of aryl methyl sites for hydroxylation is 1. The number of nitrogens with zero attached hydrogens (tertiary/aromatic N) is 1. The van der Waals surface area contributed by atoms with Gasteiger partial charge in [0.15, 0.2) is 6.29 Å². The van der Waals surface area contributed by atoms with Crippen molar-refractivity contribution in [3.05, 3.63) is 29.0 Å². The van der Waals surface area contributed by atoms with Crippen LogP contribution >= 0.6 is 0 Å². The second-order valence-electron chi connectivity index (χ2n) is 3.40. The molecule has 0 saturated carbocycles. The van der Waals surface area contributed by atoms with Crippen LogP contribution in [-0.2, 0) is 4.74 Å². The highest BCUT2D eigenvalue weighted by Crippen LogP contribution is 2.23. The minimum Gasteiger partial charge on any atom is -0.465 e. The number of benzene rings is 1. The van der Waals surface area contributed by atoms with Crippen LogP contribution in [-0.4, -0.2) is 29.6 Å². The van der Waals surface area contributed by atoms with Crippen LogP contribution in [0.5, 0.6) is 0 Å². The maximum absolute atomic E-state index is 11.5. The number of carbonyl (C=O) groups excluding carboxylic acids is 2. The number of rotatable bonds is 2. The zero-order valence-electron chi connectivity index (χ0n) is 8.90. The Labute approximate surface area is 91.4 Å². The Hall–Kier alpha value is -2.17. The lowest BCUT2D eigenvalue weighted by Crippen LogP contribution is -2.02. The van der Waals surface area contributed by atoms with Crippen molar-refractivity contribution < 1.29 is 14.3 Å². The summed E-state index contributed by atoms with van der Waals surface area (Å²) in [6.45, 7) is 1.86. The van der Waals surface area contributed by atoms with Gasteiger partial charge in [0.2, 0.25) is 0 Å². The lowest BCUT2D eigenvalue weighted by Gasteiger charge is -2.02. The van der Waals surface area contributed by atoms with Crippen molar-refractivity contribution in [3.8, 4) is 0 Å². The fourth-order valence-corrected chi connectivity index (χ4v) is 1.65. The highest BCUT2D eigenvalue weighted by molar-refractivity contribution is 6.09. The topological polar surface area (TPSA) is 72.0 Å². The van der Waals surface area contributed by atoms with Gasteiger partial charge >= 0.3 is 5.97 Å². The molecule has 0 spiro atoms. The van der Waals surface area contributed by atoms with Gasteiger partial charge in [-0.1, -0.05) is 6.07 Å². The van der Waals surface area contributed by atoms with Crippen LogP contribution in [0.1, 0.15) is 26.4 Å². The van der Waals surface area contributed by atoms with Crippen LogP contribution in [0.15, 0.2) is 12.1 Å². The zero-order valence-corrected chi connectivity index (χ0v) is 8.90. The van der Waals surface area contributed by atoms with Crippen LogP contribution in [0, 0.1) is 6.92 Å². The third kappa shape index (κ3) is 1.37. The first-order chi connectivity index (χ1) is 7.69. The van der Waals surface area contributed by atoms with E-state index in [0.29, 0.717) is 28.4 Å². The van der Waals surface area contributed by atoms with Gasteiger partial charge in [-0.25, -0.2) is 4.79 Å². The average Bonchev–Trinajstić information content (AvgIpc) is 2.73. The van der Waals surface area contributed by atoms with Crippen LogP contribution in [0.2, 0.25) is 0 Å². The summed E-state index contributed by atoms with van der Waals surface area (Å²) in [5, 5.41) is 7.12. The van der Waals surface area contributed by atoms with Gasteiger partial charge in [-0.05, 0) is 18.6 Å². The Morgan fingerprint density at radius 2 is 2.25 bits per heavy atom. The number of aldehydes is 1. The average molecular weight is 218 g/mol. The van der Waals surface area contributed by atoms with Crippen molar-refractivity contribution in [3.63, 3.8) is 0 Å². The molecule has 2 rings (SSSR count). The molecule has 16 heavy (non-hydrogen) atoms.